The molecule has 0 radical (unpaired) electrons. The molecule has 0 aliphatic rings. The molecule has 24 heavy (non-hydrogen) atoms. The van der Waals surface area contributed by atoms with Gasteiger partial charge in [0.05, 0.1) is 0 Å². The molecule has 0 spiro atoms. The summed E-state index contributed by atoms with van der Waals surface area (Å²) >= 11 is 5.89. The predicted octanol–water partition coefficient (Wildman–Crippen LogP) is 3.25. The molecular weight excluding hydrogens is 326 g/mol. The Hall–Kier alpha value is -2.73. The second kappa shape index (κ2) is 6.80. The third-order valence-corrected chi connectivity index (χ3v) is 3.84. The summed E-state index contributed by atoms with van der Waals surface area (Å²) in [4.78, 5) is 12.3. The molecule has 0 aliphatic heterocycles. The first kappa shape index (κ1) is 16.1. The molecule has 0 bridgehead atoms. The fourth-order valence-electron chi connectivity index (χ4n) is 2.40. The minimum absolute atomic E-state index is 0.0261. The van der Waals surface area contributed by atoms with Gasteiger partial charge in [-0.1, -0.05) is 29.3 Å². The van der Waals surface area contributed by atoms with E-state index in [4.69, 9.17) is 11.6 Å². The van der Waals surface area contributed by atoms with E-state index in [1.54, 1.807) is 12.1 Å². The van der Waals surface area contributed by atoms with Crippen molar-refractivity contribution in [1.29, 1.82) is 0 Å². The molecule has 0 saturated carbocycles. The van der Waals surface area contributed by atoms with Gasteiger partial charge in [-0.05, 0) is 60.2 Å². The number of halogens is 1. The van der Waals surface area contributed by atoms with Crippen LogP contribution in [-0.2, 0) is 11.3 Å². The van der Waals surface area contributed by atoms with Crippen molar-refractivity contribution in [3.8, 4) is 11.4 Å². The van der Waals surface area contributed by atoms with Crippen molar-refractivity contribution >= 4 is 23.2 Å². The zero-order valence-electron chi connectivity index (χ0n) is 13.3. The maximum absolute atomic E-state index is 12.3. The van der Waals surface area contributed by atoms with Gasteiger partial charge in [0.1, 0.15) is 6.54 Å². The van der Waals surface area contributed by atoms with Crippen LogP contribution in [0.1, 0.15) is 11.1 Å². The van der Waals surface area contributed by atoms with Gasteiger partial charge in [0.2, 0.25) is 5.91 Å². The van der Waals surface area contributed by atoms with Gasteiger partial charge in [0.25, 0.3) is 0 Å². The van der Waals surface area contributed by atoms with E-state index < -0.39 is 0 Å². The first-order valence-corrected chi connectivity index (χ1v) is 7.80. The van der Waals surface area contributed by atoms with Crippen LogP contribution < -0.4 is 5.32 Å². The van der Waals surface area contributed by atoms with Gasteiger partial charge in [-0.15, -0.1) is 5.10 Å². The molecule has 0 atom stereocenters. The zero-order chi connectivity index (χ0) is 17.1. The number of carbonyl (C=O) groups excluding carboxylic acids is 1. The van der Waals surface area contributed by atoms with Gasteiger partial charge in [-0.25, -0.2) is 4.68 Å². The molecule has 6 nitrogen and oxygen atoms in total. The fourth-order valence-corrected chi connectivity index (χ4v) is 2.52. The van der Waals surface area contributed by atoms with Gasteiger partial charge >= 0.3 is 0 Å². The highest BCUT2D eigenvalue weighted by atomic mass is 35.5. The number of hydrogen-bond donors (Lipinski definition) is 1. The largest absolute Gasteiger partial charge is 0.324 e. The number of aromatic nitrogens is 4. The van der Waals surface area contributed by atoms with Crippen molar-refractivity contribution in [3.05, 3.63) is 58.6 Å². The van der Waals surface area contributed by atoms with Gasteiger partial charge in [-0.3, -0.25) is 4.79 Å². The van der Waals surface area contributed by atoms with Gasteiger partial charge < -0.3 is 5.32 Å². The number of nitrogens with one attached hydrogen (secondary N) is 1. The molecule has 0 unspecified atom stereocenters. The lowest BCUT2D eigenvalue weighted by Crippen LogP contribution is -2.20. The Labute approximate surface area is 144 Å². The van der Waals surface area contributed by atoms with Crippen LogP contribution in [0.3, 0.4) is 0 Å². The standard InChI is InChI=1S/C17H16ClN5O/c1-11-3-8-15(12(2)9-11)19-16(24)10-23-17(20-21-22-23)13-4-6-14(18)7-5-13/h3-9H,10H2,1-2H3,(H,19,24). The lowest BCUT2D eigenvalue weighted by Gasteiger charge is -2.10. The van der Waals surface area contributed by atoms with E-state index in [0.717, 1.165) is 22.4 Å². The van der Waals surface area contributed by atoms with E-state index >= 15 is 0 Å². The third kappa shape index (κ3) is 3.60. The summed E-state index contributed by atoms with van der Waals surface area (Å²) in [7, 11) is 0. The van der Waals surface area contributed by atoms with E-state index in [-0.39, 0.29) is 12.5 Å². The minimum Gasteiger partial charge on any atom is -0.324 e. The number of aryl methyl sites for hydroxylation is 2. The minimum atomic E-state index is -0.190. The Morgan fingerprint density at radius 1 is 1.17 bits per heavy atom. The monoisotopic (exact) mass is 341 g/mol. The average Bonchev–Trinajstić information content (AvgIpc) is 2.99. The molecule has 0 saturated heterocycles. The number of benzene rings is 2. The average molecular weight is 342 g/mol. The second-order valence-electron chi connectivity index (χ2n) is 5.53. The summed E-state index contributed by atoms with van der Waals surface area (Å²) in [6.07, 6.45) is 0. The highest BCUT2D eigenvalue weighted by Gasteiger charge is 2.13. The van der Waals surface area contributed by atoms with E-state index in [1.165, 1.54) is 4.68 Å². The first-order valence-electron chi connectivity index (χ1n) is 7.42. The highest BCUT2D eigenvalue weighted by molar-refractivity contribution is 6.30. The van der Waals surface area contributed by atoms with E-state index in [9.17, 15) is 4.79 Å². The molecule has 2 aromatic carbocycles. The summed E-state index contributed by atoms with van der Waals surface area (Å²) in [6.45, 7) is 4.00. The Kier molecular flexibility index (Phi) is 4.57. The van der Waals surface area contributed by atoms with Crippen LogP contribution in [0.5, 0.6) is 0 Å². The maximum Gasteiger partial charge on any atom is 0.246 e. The molecule has 1 heterocycles. The molecule has 3 rings (SSSR count). The van der Waals surface area contributed by atoms with Crippen LogP contribution in [0.25, 0.3) is 11.4 Å². The first-order chi connectivity index (χ1) is 11.5. The van der Waals surface area contributed by atoms with Gasteiger partial charge in [-0.2, -0.15) is 0 Å². The van der Waals surface area contributed by atoms with Crippen molar-refractivity contribution in [2.75, 3.05) is 5.32 Å². The molecule has 1 amide bonds. The lowest BCUT2D eigenvalue weighted by molar-refractivity contribution is -0.116. The Morgan fingerprint density at radius 2 is 1.92 bits per heavy atom. The summed E-state index contributed by atoms with van der Waals surface area (Å²) in [5, 5.41) is 15.1. The predicted molar refractivity (Wildman–Crippen MR) is 92.8 cm³/mol. The van der Waals surface area contributed by atoms with Crippen molar-refractivity contribution in [1.82, 2.24) is 20.2 Å². The Bertz CT molecular complexity index is 873. The molecule has 3 aromatic rings. The summed E-state index contributed by atoms with van der Waals surface area (Å²) < 4.78 is 1.46. The molecule has 1 N–H and O–H groups in total. The zero-order valence-corrected chi connectivity index (χ0v) is 14.1. The molecule has 1 aromatic heterocycles. The number of rotatable bonds is 4. The molecular formula is C17H16ClN5O. The maximum atomic E-state index is 12.3. The van der Waals surface area contributed by atoms with Crippen molar-refractivity contribution < 1.29 is 4.79 Å². The highest BCUT2D eigenvalue weighted by Crippen LogP contribution is 2.19. The van der Waals surface area contributed by atoms with E-state index in [0.29, 0.717) is 10.8 Å². The molecule has 122 valence electrons. The van der Waals surface area contributed by atoms with Crippen LogP contribution >= 0.6 is 11.6 Å². The Balaban J connectivity index is 1.76. The number of tetrazole rings is 1. The number of nitrogens with zero attached hydrogens (tertiary/aromatic N) is 4. The lowest BCUT2D eigenvalue weighted by atomic mass is 10.1. The van der Waals surface area contributed by atoms with Crippen molar-refractivity contribution in [2.45, 2.75) is 20.4 Å². The number of hydrogen-bond acceptors (Lipinski definition) is 4. The van der Waals surface area contributed by atoms with Crippen LogP contribution in [0.4, 0.5) is 5.69 Å². The smallest absolute Gasteiger partial charge is 0.246 e. The van der Waals surface area contributed by atoms with Crippen LogP contribution in [0.15, 0.2) is 42.5 Å². The normalized spacial score (nSPS) is 10.6. The SMILES string of the molecule is Cc1ccc(NC(=O)Cn2nnnc2-c2ccc(Cl)cc2)c(C)c1. The molecule has 0 aliphatic carbocycles. The fraction of sp³-hybridized carbons (Fsp3) is 0.176. The number of carbonyl (C=O) groups is 1. The van der Waals surface area contributed by atoms with Crippen LogP contribution in [-0.4, -0.2) is 26.1 Å². The second-order valence-corrected chi connectivity index (χ2v) is 5.97. The topological polar surface area (TPSA) is 72.7 Å². The summed E-state index contributed by atoms with van der Waals surface area (Å²) in [5.41, 5.74) is 3.74. The summed E-state index contributed by atoms with van der Waals surface area (Å²) in [5.74, 6) is 0.326. The third-order valence-electron chi connectivity index (χ3n) is 3.58. The van der Waals surface area contributed by atoms with Crippen molar-refractivity contribution in [2.24, 2.45) is 0 Å². The quantitative estimate of drug-likeness (QED) is 0.790. The van der Waals surface area contributed by atoms with E-state index in [2.05, 4.69) is 20.8 Å². The molecule has 7 heteroatoms. The van der Waals surface area contributed by atoms with Gasteiger partial charge in [0.15, 0.2) is 5.82 Å². The molecule has 0 fully saturated rings. The number of amides is 1. The Morgan fingerprint density at radius 3 is 2.62 bits per heavy atom. The van der Waals surface area contributed by atoms with Crippen molar-refractivity contribution in [3.63, 3.8) is 0 Å². The van der Waals surface area contributed by atoms with Crippen LogP contribution in [0, 0.1) is 13.8 Å². The summed E-state index contributed by atoms with van der Waals surface area (Å²) in [6, 6.07) is 13.0. The number of anilines is 1. The van der Waals surface area contributed by atoms with Gasteiger partial charge in [0, 0.05) is 16.3 Å². The van der Waals surface area contributed by atoms with Crippen LogP contribution in [0.2, 0.25) is 5.02 Å². The van der Waals surface area contributed by atoms with E-state index in [1.807, 2.05) is 44.2 Å².